The Labute approximate surface area is 189 Å². The molecule has 2 aliphatic rings. The van der Waals surface area contributed by atoms with Crippen LogP contribution in [0.15, 0.2) is 10.5 Å². The molecule has 1 unspecified atom stereocenters. The van der Waals surface area contributed by atoms with Gasteiger partial charge >= 0.3 is 5.69 Å². The number of morpholine rings is 1. The Balaban J connectivity index is 1.61. The molecule has 0 amide bonds. The van der Waals surface area contributed by atoms with Crippen molar-refractivity contribution in [1.82, 2.24) is 9.97 Å². The van der Waals surface area contributed by atoms with Crippen molar-refractivity contribution in [2.45, 2.75) is 57.8 Å². The van der Waals surface area contributed by atoms with Crippen molar-refractivity contribution in [1.29, 1.82) is 0 Å². The van der Waals surface area contributed by atoms with Crippen LogP contribution in [-0.2, 0) is 9.16 Å². The van der Waals surface area contributed by atoms with Crippen LogP contribution in [0.2, 0.25) is 18.1 Å². The van der Waals surface area contributed by atoms with Crippen molar-refractivity contribution in [3.05, 3.63) is 16.2 Å². The molecule has 32 heavy (non-hydrogen) atoms. The first-order valence-electron chi connectivity index (χ1n) is 11.3. The highest BCUT2D eigenvalue weighted by Crippen LogP contribution is 2.39. The van der Waals surface area contributed by atoms with Crippen molar-refractivity contribution in [2.75, 3.05) is 49.2 Å². The molecule has 2 aliphatic heterocycles. The number of anilines is 2. The van der Waals surface area contributed by atoms with Crippen molar-refractivity contribution < 1.29 is 18.5 Å². The Morgan fingerprint density at radius 3 is 2.56 bits per heavy atom. The fourth-order valence-corrected chi connectivity index (χ4v) is 5.29. The minimum absolute atomic E-state index is 0.0305. The molecule has 0 spiro atoms. The first-order chi connectivity index (χ1) is 15.0. The van der Waals surface area contributed by atoms with Gasteiger partial charge in [-0.25, -0.2) is 4.98 Å². The number of oxazole rings is 1. The second kappa shape index (κ2) is 8.60. The van der Waals surface area contributed by atoms with Gasteiger partial charge in [0.2, 0.25) is 11.5 Å². The van der Waals surface area contributed by atoms with E-state index in [1.165, 1.54) is 6.07 Å². The van der Waals surface area contributed by atoms with E-state index in [2.05, 4.69) is 43.8 Å². The molecule has 2 saturated heterocycles. The normalized spacial score (nSPS) is 20.7. The number of fused-ring (bicyclic) bond motifs is 1. The van der Waals surface area contributed by atoms with E-state index in [4.69, 9.17) is 13.6 Å². The van der Waals surface area contributed by atoms with E-state index in [0.717, 1.165) is 12.8 Å². The predicted octanol–water partition coefficient (Wildman–Crippen LogP) is 3.96. The predicted molar refractivity (Wildman–Crippen MR) is 125 cm³/mol. The lowest BCUT2D eigenvalue weighted by Crippen LogP contribution is -2.49. The van der Waals surface area contributed by atoms with Crippen molar-refractivity contribution >= 4 is 37.1 Å². The van der Waals surface area contributed by atoms with Crippen LogP contribution in [0, 0.1) is 10.1 Å². The monoisotopic (exact) mass is 463 g/mol. The SMILES string of the molecule is CC(C)(C)[Si](C)(C)OC1CCCN(c2nc3nc(N4CCOCC4)oc3cc2[N+](=O)[O-])C1. The summed E-state index contributed by atoms with van der Waals surface area (Å²) in [4.78, 5) is 24.6. The fraction of sp³-hybridized carbons (Fsp3) is 0.714. The van der Waals surface area contributed by atoms with Crippen LogP contribution < -0.4 is 9.80 Å². The van der Waals surface area contributed by atoms with E-state index < -0.39 is 13.2 Å². The maximum atomic E-state index is 11.9. The van der Waals surface area contributed by atoms with Gasteiger partial charge in [-0.1, -0.05) is 20.8 Å². The number of ether oxygens (including phenoxy) is 1. The molecule has 10 nitrogen and oxygen atoms in total. The molecule has 0 saturated carbocycles. The summed E-state index contributed by atoms with van der Waals surface area (Å²) in [6.45, 7) is 14.9. The number of rotatable bonds is 5. The lowest BCUT2D eigenvalue weighted by atomic mass is 10.1. The van der Waals surface area contributed by atoms with Crippen molar-refractivity contribution in [2.24, 2.45) is 0 Å². The molecule has 2 aromatic rings. The van der Waals surface area contributed by atoms with E-state index in [1.807, 2.05) is 9.80 Å². The van der Waals surface area contributed by atoms with E-state index in [-0.39, 0.29) is 16.8 Å². The van der Waals surface area contributed by atoms with Gasteiger partial charge in [0.05, 0.1) is 30.3 Å². The Morgan fingerprint density at radius 1 is 1.19 bits per heavy atom. The van der Waals surface area contributed by atoms with E-state index in [1.54, 1.807) is 0 Å². The average molecular weight is 464 g/mol. The van der Waals surface area contributed by atoms with E-state index in [9.17, 15) is 10.1 Å². The van der Waals surface area contributed by atoms with Crippen LogP contribution in [0.1, 0.15) is 33.6 Å². The lowest BCUT2D eigenvalue weighted by molar-refractivity contribution is -0.384. The van der Waals surface area contributed by atoms with Crippen LogP contribution in [0.5, 0.6) is 0 Å². The topological polar surface area (TPSA) is 107 Å². The molecular weight excluding hydrogens is 430 g/mol. The first-order valence-corrected chi connectivity index (χ1v) is 14.2. The number of hydrogen-bond acceptors (Lipinski definition) is 9. The Hall–Kier alpha value is -2.24. The molecule has 2 aromatic heterocycles. The summed E-state index contributed by atoms with van der Waals surface area (Å²) >= 11 is 0. The summed E-state index contributed by atoms with van der Waals surface area (Å²) < 4.78 is 17.8. The quantitative estimate of drug-likeness (QED) is 0.370. The molecule has 176 valence electrons. The smallest absolute Gasteiger partial charge is 0.315 e. The molecule has 0 N–H and O–H groups in total. The summed E-state index contributed by atoms with van der Waals surface area (Å²) in [5.41, 5.74) is 0.655. The molecule has 0 aromatic carbocycles. The van der Waals surface area contributed by atoms with Gasteiger partial charge in [0.1, 0.15) is 0 Å². The summed E-state index contributed by atoms with van der Waals surface area (Å²) in [5, 5.41) is 12.0. The highest BCUT2D eigenvalue weighted by Gasteiger charge is 2.40. The van der Waals surface area contributed by atoms with Crippen LogP contribution in [-0.4, -0.2) is 68.7 Å². The molecule has 0 bridgehead atoms. The average Bonchev–Trinajstić information content (AvgIpc) is 3.15. The van der Waals surface area contributed by atoms with Gasteiger partial charge < -0.3 is 23.4 Å². The number of pyridine rings is 1. The molecule has 4 heterocycles. The van der Waals surface area contributed by atoms with Gasteiger partial charge in [-0.15, -0.1) is 0 Å². The number of aromatic nitrogens is 2. The zero-order valence-electron chi connectivity index (χ0n) is 19.6. The van der Waals surface area contributed by atoms with Gasteiger partial charge in [-0.3, -0.25) is 10.1 Å². The second-order valence-corrected chi connectivity index (χ2v) is 14.9. The molecule has 4 rings (SSSR count). The first kappa shape index (κ1) is 22.9. The third kappa shape index (κ3) is 4.60. The standard InChI is InChI=1S/C21H33N5O5Si/c1-21(2,3)32(4,5)31-15-7-6-8-25(14-15)19-16(26(27)28)13-17-18(22-19)23-20(30-17)24-9-11-29-12-10-24/h13,15H,6-12,14H2,1-5H3. The van der Waals surface area contributed by atoms with Crippen LogP contribution in [0.3, 0.4) is 0 Å². The van der Waals surface area contributed by atoms with Crippen molar-refractivity contribution in [3.8, 4) is 0 Å². The molecule has 1 atom stereocenters. The largest absolute Gasteiger partial charge is 0.421 e. The summed E-state index contributed by atoms with van der Waals surface area (Å²) in [7, 11) is -1.94. The van der Waals surface area contributed by atoms with Gasteiger partial charge in [0.25, 0.3) is 6.01 Å². The number of nitrogens with zero attached hydrogens (tertiary/aromatic N) is 5. The summed E-state index contributed by atoms with van der Waals surface area (Å²) in [6, 6.07) is 1.88. The molecule has 0 aliphatic carbocycles. The molecule has 0 radical (unpaired) electrons. The zero-order valence-corrected chi connectivity index (χ0v) is 20.6. The minimum atomic E-state index is -1.94. The maximum absolute atomic E-state index is 11.9. The van der Waals surface area contributed by atoms with E-state index >= 15 is 0 Å². The number of nitro groups is 1. The van der Waals surface area contributed by atoms with Gasteiger partial charge in [0, 0.05) is 26.2 Å². The number of piperidine rings is 1. The molecule has 2 fully saturated rings. The Bertz CT molecular complexity index is 983. The van der Waals surface area contributed by atoms with Gasteiger partial charge in [-0.05, 0) is 31.0 Å². The highest BCUT2D eigenvalue weighted by molar-refractivity contribution is 6.74. The third-order valence-corrected chi connectivity index (χ3v) is 11.3. The Morgan fingerprint density at radius 2 is 1.91 bits per heavy atom. The summed E-state index contributed by atoms with van der Waals surface area (Å²) in [6.07, 6.45) is 1.88. The Kier molecular flexibility index (Phi) is 6.16. The lowest BCUT2D eigenvalue weighted by Gasteiger charge is -2.42. The van der Waals surface area contributed by atoms with Gasteiger partial charge in [-0.2, -0.15) is 4.98 Å². The fourth-order valence-electron chi connectivity index (χ4n) is 3.91. The van der Waals surface area contributed by atoms with Crippen molar-refractivity contribution in [3.63, 3.8) is 0 Å². The number of hydrogen-bond donors (Lipinski definition) is 0. The van der Waals surface area contributed by atoms with Crippen LogP contribution >= 0.6 is 0 Å². The zero-order chi connectivity index (χ0) is 23.1. The second-order valence-electron chi connectivity index (χ2n) is 10.1. The van der Waals surface area contributed by atoms with Crippen LogP contribution in [0.4, 0.5) is 17.5 Å². The molecule has 11 heteroatoms. The maximum Gasteiger partial charge on any atom is 0.315 e. The molecular formula is C21H33N5O5Si. The van der Waals surface area contributed by atoms with Gasteiger partial charge in [0.15, 0.2) is 13.9 Å². The van der Waals surface area contributed by atoms with E-state index in [0.29, 0.717) is 62.5 Å². The summed E-state index contributed by atoms with van der Waals surface area (Å²) in [5.74, 6) is 0.341. The highest BCUT2D eigenvalue weighted by atomic mass is 28.4. The third-order valence-electron chi connectivity index (χ3n) is 6.76. The minimum Gasteiger partial charge on any atom is -0.421 e. The van der Waals surface area contributed by atoms with Crippen LogP contribution in [0.25, 0.3) is 11.2 Å².